The fraction of sp³-hybridized carbons (Fsp3) is 0.304. The van der Waals surface area contributed by atoms with Crippen molar-refractivity contribution < 1.29 is 4.79 Å². The lowest BCUT2D eigenvalue weighted by Gasteiger charge is -2.08. The van der Waals surface area contributed by atoms with E-state index in [4.69, 9.17) is 0 Å². The number of rotatable bonds is 6. The van der Waals surface area contributed by atoms with Gasteiger partial charge in [-0.25, -0.2) is 4.68 Å². The Morgan fingerprint density at radius 1 is 1.00 bits per heavy atom. The topological polar surface area (TPSA) is 46.9 Å². The Hall–Kier alpha value is -2.53. The summed E-state index contributed by atoms with van der Waals surface area (Å²) in [5.74, 6) is 0.768. The van der Waals surface area contributed by atoms with Crippen molar-refractivity contribution in [2.75, 3.05) is 11.1 Å². The second-order valence-electron chi connectivity index (χ2n) is 7.19. The predicted molar refractivity (Wildman–Crippen MR) is 118 cm³/mol. The largest absolute Gasteiger partial charge is 0.323 e. The van der Waals surface area contributed by atoms with E-state index < -0.39 is 0 Å². The third kappa shape index (κ3) is 4.65. The molecule has 1 aromatic heterocycles. The van der Waals surface area contributed by atoms with E-state index in [1.165, 1.54) is 21.6 Å². The molecule has 3 aromatic rings. The number of hydrogen-bond acceptors (Lipinski definition) is 3. The smallest absolute Gasteiger partial charge is 0.225 e. The molecule has 0 spiro atoms. The Balaban J connectivity index is 1.62. The number of hydrogen-bond donors (Lipinski definition) is 1. The monoisotopic (exact) mass is 393 g/mol. The summed E-state index contributed by atoms with van der Waals surface area (Å²) in [4.78, 5) is 13.7. The van der Waals surface area contributed by atoms with Crippen LogP contribution in [0.15, 0.2) is 47.4 Å². The first kappa shape index (κ1) is 20.2. The van der Waals surface area contributed by atoms with Crippen molar-refractivity contribution in [3.63, 3.8) is 0 Å². The molecule has 1 amide bonds. The van der Waals surface area contributed by atoms with E-state index in [0.717, 1.165) is 28.5 Å². The van der Waals surface area contributed by atoms with Crippen LogP contribution in [0.2, 0.25) is 0 Å². The average Bonchev–Trinajstić information content (AvgIpc) is 2.93. The van der Waals surface area contributed by atoms with Gasteiger partial charge in [0, 0.05) is 17.1 Å². The van der Waals surface area contributed by atoms with Crippen molar-refractivity contribution in [3.05, 3.63) is 70.5 Å². The number of carbonyl (C=O) groups is 1. The van der Waals surface area contributed by atoms with Gasteiger partial charge in [-0.2, -0.15) is 5.10 Å². The van der Waals surface area contributed by atoms with Crippen LogP contribution in [-0.4, -0.2) is 21.4 Å². The molecule has 1 N–H and O–H groups in total. The zero-order chi connectivity index (χ0) is 20.3. The molecule has 0 saturated carbocycles. The minimum Gasteiger partial charge on any atom is -0.323 e. The summed E-state index contributed by atoms with van der Waals surface area (Å²) in [7, 11) is 0. The third-order valence-corrected chi connectivity index (χ3v) is 5.91. The van der Waals surface area contributed by atoms with E-state index in [0.29, 0.717) is 6.42 Å². The van der Waals surface area contributed by atoms with Gasteiger partial charge >= 0.3 is 0 Å². The van der Waals surface area contributed by atoms with Gasteiger partial charge in [0.1, 0.15) is 0 Å². The van der Waals surface area contributed by atoms with E-state index in [9.17, 15) is 4.79 Å². The normalized spacial score (nSPS) is 10.9. The van der Waals surface area contributed by atoms with E-state index >= 15 is 0 Å². The molecule has 0 bridgehead atoms. The highest BCUT2D eigenvalue weighted by atomic mass is 32.2. The molecular weight excluding hydrogens is 366 g/mol. The molecule has 0 radical (unpaired) electrons. The van der Waals surface area contributed by atoms with E-state index in [2.05, 4.69) is 61.5 Å². The third-order valence-electron chi connectivity index (χ3n) is 4.91. The van der Waals surface area contributed by atoms with Crippen LogP contribution in [0.4, 0.5) is 5.69 Å². The number of thioether (sulfide) groups is 1. The molecule has 0 atom stereocenters. The van der Waals surface area contributed by atoms with Crippen LogP contribution >= 0.6 is 11.8 Å². The van der Waals surface area contributed by atoms with Gasteiger partial charge < -0.3 is 5.32 Å². The molecule has 0 aliphatic carbocycles. The summed E-state index contributed by atoms with van der Waals surface area (Å²) in [6.07, 6.45) is 0.464. The maximum Gasteiger partial charge on any atom is 0.225 e. The highest BCUT2D eigenvalue weighted by Crippen LogP contribution is 2.25. The lowest BCUT2D eigenvalue weighted by atomic mass is 10.1. The first-order valence-electron chi connectivity index (χ1n) is 9.48. The number of nitrogens with zero attached hydrogens (tertiary/aromatic N) is 2. The van der Waals surface area contributed by atoms with Gasteiger partial charge in [-0.1, -0.05) is 23.8 Å². The number of aromatic nitrogens is 2. The summed E-state index contributed by atoms with van der Waals surface area (Å²) in [5.41, 5.74) is 7.35. The van der Waals surface area contributed by atoms with Crippen molar-refractivity contribution in [3.8, 4) is 5.69 Å². The van der Waals surface area contributed by atoms with Crippen molar-refractivity contribution in [1.82, 2.24) is 9.78 Å². The highest BCUT2D eigenvalue weighted by Gasteiger charge is 2.15. The molecule has 3 rings (SSSR count). The number of nitrogens with one attached hydrogen (secondary N) is 1. The van der Waals surface area contributed by atoms with Gasteiger partial charge in [0.2, 0.25) is 5.91 Å². The van der Waals surface area contributed by atoms with Crippen LogP contribution in [0.3, 0.4) is 0 Å². The Morgan fingerprint density at radius 3 is 2.39 bits per heavy atom. The number of aryl methyl sites for hydroxylation is 4. The lowest BCUT2D eigenvalue weighted by molar-refractivity contribution is -0.115. The fourth-order valence-electron chi connectivity index (χ4n) is 3.03. The summed E-state index contributed by atoms with van der Waals surface area (Å²) >= 11 is 1.71. The Bertz CT molecular complexity index is 990. The molecule has 2 aromatic carbocycles. The second kappa shape index (κ2) is 8.65. The van der Waals surface area contributed by atoms with Gasteiger partial charge in [-0.15, -0.1) is 11.8 Å². The van der Waals surface area contributed by atoms with Crippen molar-refractivity contribution >= 4 is 23.4 Å². The molecule has 1 heterocycles. The van der Waals surface area contributed by atoms with Gasteiger partial charge in [0.05, 0.1) is 22.8 Å². The van der Waals surface area contributed by atoms with E-state index in [1.807, 2.05) is 30.7 Å². The average molecular weight is 394 g/mol. The zero-order valence-electron chi connectivity index (χ0n) is 17.2. The predicted octanol–water partition coefficient (Wildman–Crippen LogP) is 5.54. The van der Waals surface area contributed by atoms with Crippen LogP contribution in [0.25, 0.3) is 5.69 Å². The zero-order valence-corrected chi connectivity index (χ0v) is 18.0. The molecule has 0 unspecified atom stereocenters. The number of amides is 1. The summed E-state index contributed by atoms with van der Waals surface area (Å²) in [6.45, 7) is 10.2. The Kier molecular flexibility index (Phi) is 6.25. The van der Waals surface area contributed by atoms with Crippen molar-refractivity contribution in [1.29, 1.82) is 0 Å². The summed E-state index contributed by atoms with van der Waals surface area (Å²) in [6, 6.07) is 14.6. The molecule has 0 fully saturated rings. The molecule has 4 nitrogen and oxygen atoms in total. The number of anilines is 1. The van der Waals surface area contributed by atoms with Gasteiger partial charge in [-0.3, -0.25) is 4.79 Å². The van der Waals surface area contributed by atoms with Crippen LogP contribution in [-0.2, 0) is 4.79 Å². The first-order chi connectivity index (χ1) is 13.3. The van der Waals surface area contributed by atoms with Crippen LogP contribution in [0.5, 0.6) is 0 Å². The highest BCUT2D eigenvalue weighted by molar-refractivity contribution is 7.99. The molecule has 0 aliphatic rings. The lowest BCUT2D eigenvalue weighted by Crippen LogP contribution is -2.13. The minimum atomic E-state index is 0.0194. The van der Waals surface area contributed by atoms with Crippen LogP contribution < -0.4 is 5.32 Å². The van der Waals surface area contributed by atoms with Crippen LogP contribution in [0.1, 0.15) is 34.5 Å². The first-order valence-corrected chi connectivity index (χ1v) is 10.5. The molecule has 0 saturated heterocycles. The molecular formula is C23H27N3OS. The Morgan fingerprint density at radius 2 is 1.71 bits per heavy atom. The molecule has 28 heavy (non-hydrogen) atoms. The van der Waals surface area contributed by atoms with Crippen molar-refractivity contribution in [2.24, 2.45) is 0 Å². The minimum absolute atomic E-state index is 0.0194. The summed E-state index contributed by atoms with van der Waals surface area (Å²) in [5, 5.41) is 7.66. The van der Waals surface area contributed by atoms with E-state index in [1.54, 1.807) is 11.8 Å². The van der Waals surface area contributed by atoms with Gasteiger partial charge in [0.15, 0.2) is 0 Å². The number of benzene rings is 2. The fourth-order valence-corrected chi connectivity index (χ4v) is 3.98. The Labute approximate surface area is 171 Å². The van der Waals surface area contributed by atoms with Crippen molar-refractivity contribution in [2.45, 2.75) is 45.9 Å². The molecule has 146 valence electrons. The SMILES string of the molecule is Cc1ccc(-n2nc(C)c(NC(=O)CCSc3ccc(C)c(C)c3)c2C)cc1. The number of carbonyl (C=O) groups excluding carboxylic acids is 1. The maximum atomic E-state index is 12.5. The van der Waals surface area contributed by atoms with Gasteiger partial charge in [0.25, 0.3) is 0 Å². The molecule has 5 heteroatoms. The van der Waals surface area contributed by atoms with Gasteiger partial charge in [-0.05, 0) is 70.0 Å². The second-order valence-corrected chi connectivity index (χ2v) is 8.35. The standard InChI is InChI=1S/C23H27N3OS/c1-15-6-9-20(10-7-15)26-19(5)23(18(4)25-26)24-22(27)12-13-28-21-11-8-16(2)17(3)14-21/h6-11,14H,12-13H2,1-5H3,(H,24,27). The maximum absolute atomic E-state index is 12.5. The van der Waals surface area contributed by atoms with Crippen LogP contribution in [0, 0.1) is 34.6 Å². The summed E-state index contributed by atoms with van der Waals surface area (Å²) < 4.78 is 1.88. The quantitative estimate of drug-likeness (QED) is 0.560. The van der Waals surface area contributed by atoms with E-state index in [-0.39, 0.29) is 5.91 Å². The molecule has 0 aliphatic heterocycles.